The normalized spacial score (nSPS) is 11.0. The summed E-state index contributed by atoms with van der Waals surface area (Å²) in [5.74, 6) is 1.80. The Morgan fingerprint density at radius 1 is 1.09 bits per heavy atom. The number of aryl methyl sites for hydroxylation is 1. The number of aromatic nitrogens is 2. The average Bonchev–Trinajstić information content (AvgIpc) is 2.86. The van der Waals surface area contributed by atoms with Crippen LogP contribution in [0.4, 0.5) is 11.6 Å². The summed E-state index contributed by atoms with van der Waals surface area (Å²) in [6.07, 6.45) is 3.47. The lowest BCUT2D eigenvalue weighted by atomic mass is 10.2. The van der Waals surface area contributed by atoms with Crippen LogP contribution in [0.5, 0.6) is 11.5 Å². The summed E-state index contributed by atoms with van der Waals surface area (Å²) < 4.78 is 7.32. The van der Waals surface area contributed by atoms with Gasteiger partial charge in [-0.1, -0.05) is 12.1 Å². The third-order valence-electron chi connectivity index (χ3n) is 3.14. The van der Waals surface area contributed by atoms with E-state index in [9.17, 15) is 0 Å². The van der Waals surface area contributed by atoms with Crippen LogP contribution in [0.3, 0.4) is 0 Å². The predicted molar refractivity (Wildman–Crippen MR) is 91.7 cm³/mol. The van der Waals surface area contributed by atoms with Gasteiger partial charge in [0.05, 0.1) is 18.1 Å². The topological polar surface area (TPSA) is 91.5 Å². The fourth-order valence-corrected chi connectivity index (χ4v) is 2.06. The predicted octanol–water partition coefficient (Wildman–Crippen LogP) is 3.03. The molecule has 0 aliphatic carbocycles. The van der Waals surface area contributed by atoms with Crippen molar-refractivity contribution in [3.63, 3.8) is 0 Å². The number of nitrogens with zero attached hydrogens (tertiary/aromatic N) is 3. The molecule has 0 bridgehead atoms. The van der Waals surface area contributed by atoms with Crippen LogP contribution in [0, 0.1) is 6.92 Å². The lowest BCUT2D eigenvalue weighted by Crippen LogP contribution is -1.97. The third-order valence-corrected chi connectivity index (χ3v) is 3.14. The zero-order valence-electron chi connectivity index (χ0n) is 12.7. The molecule has 3 rings (SSSR count). The van der Waals surface area contributed by atoms with E-state index in [-0.39, 0.29) is 0 Å². The molecule has 23 heavy (non-hydrogen) atoms. The maximum atomic E-state index is 5.79. The molecule has 0 amide bonds. The van der Waals surface area contributed by atoms with Gasteiger partial charge < -0.3 is 16.2 Å². The number of ether oxygens (including phenoxy) is 1. The summed E-state index contributed by atoms with van der Waals surface area (Å²) in [7, 11) is 0. The molecule has 0 saturated carbocycles. The van der Waals surface area contributed by atoms with Crippen molar-refractivity contribution < 1.29 is 4.74 Å². The van der Waals surface area contributed by atoms with Crippen molar-refractivity contribution in [1.82, 2.24) is 9.66 Å². The van der Waals surface area contributed by atoms with Crippen LogP contribution in [0.2, 0.25) is 0 Å². The van der Waals surface area contributed by atoms with Crippen LogP contribution in [0.1, 0.15) is 11.3 Å². The number of anilines is 2. The highest BCUT2D eigenvalue weighted by molar-refractivity contribution is 5.80. The number of rotatable bonds is 4. The van der Waals surface area contributed by atoms with Crippen LogP contribution >= 0.6 is 0 Å². The summed E-state index contributed by atoms with van der Waals surface area (Å²) >= 11 is 0. The molecule has 0 radical (unpaired) electrons. The van der Waals surface area contributed by atoms with Crippen molar-refractivity contribution >= 4 is 17.9 Å². The van der Waals surface area contributed by atoms with Crippen molar-refractivity contribution in [2.24, 2.45) is 5.10 Å². The van der Waals surface area contributed by atoms with E-state index in [1.165, 1.54) is 4.68 Å². The molecule has 0 aliphatic rings. The van der Waals surface area contributed by atoms with Gasteiger partial charge in [0.2, 0.25) is 5.95 Å². The Balaban J connectivity index is 1.77. The number of benzene rings is 2. The van der Waals surface area contributed by atoms with E-state index >= 15 is 0 Å². The van der Waals surface area contributed by atoms with E-state index in [1.54, 1.807) is 24.5 Å². The molecule has 1 aromatic heterocycles. The monoisotopic (exact) mass is 307 g/mol. The van der Waals surface area contributed by atoms with Crippen molar-refractivity contribution in [1.29, 1.82) is 0 Å². The summed E-state index contributed by atoms with van der Waals surface area (Å²) in [4.78, 5) is 4.10. The molecule has 0 unspecified atom stereocenters. The van der Waals surface area contributed by atoms with Crippen LogP contribution in [-0.2, 0) is 0 Å². The number of nitrogen functional groups attached to an aromatic ring is 2. The molecule has 0 spiro atoms. The maximum Gasteiger partial charge on any atom is 0.221 e. The standard InChI is InChI=1S/C17H17N5O/c1-12-11-22(17(19)21-12)20-10-13-3-2-4-16(9-13)23-15-7-5-14(18)6-8-15/h2-11H,18H2,1H3,(H2,19,21). The number of imidazole rings is 1. The van der Waals surface area contributed by atoms with Crippen LogP contribution < -0.4 is 16.2 Å². The van der Waals surface area contributed by atoms with Crippen molar-refractivity contribution in [2.75, 3.05) is 11.5 Å². The van der Waals surface area contributed by atoms with E-state index in [0.717, 1.165) is 17.0 Å². The Labute approximate surface area is 134 Å². The van der Waals surface area contributed by atoms with Crippen molar-refractivity contribution in [2.45, 2.75) is 6.92 Å². The lowest BCUT2D eigenvalue weighted by molar-refractivity contribution is 0.482. The van der Waals surface area contributed by atoms with Gasteiger partial charge in [-0.3, -0.25) is 0 Å². The molecule has 116 valence electrons. The van der Waals surface area contributed by atoms with Gasteiger partial charge in [-0.15, -0.1) is 0 Å². The highest BCUT2D eigenvalue weighted by Gasteiger charge is 2.00. The van der Waals surface area contributed by atoms with Crippen LogP contribution in [-0.4, -0.2) is 15.9 Å². The average molecular weight is 307 g/mol. The Morgan fingerprint density at radius 2 is 1.87 bits per heavy atom. The maximum absolute atomic E-state index is 5.79. The summed E-state index contributed by atoms with van der Waals surface area (Å²) in [6.45, 7) is 1.86. The Morgan fingerprint density at radius 3 is 2.57 bits per heavy atom. The van der Waals surface area contributed by atoms with E-state index in [1.807, 2.05) is 43.3 Å². The van der Waals surface area contributed by atoms with Gasteiger partial charge in [0, 0.05) is 5.69 Å². The quantitative estimate of drug-likeness (QED) is 0.572. The second-order valence-corrected chi connectivity index (χ2v) is 5.07. The van der Waals surface area contributed by atoms with E-state index in [0.29, 0.717) is 17.4 Å². The van der Waals surface area contributed by atoms with Gasteiger partial charge in [-0.05, 0) is 48.9 Å². The molecule has 1 heterocycles. The first-order chi connectivity index (χ1) is 11.1. The lowest BCUT2D eigenvalue weighted by Gasteiger charge is -2.06. The molecule has 3 aromatic rings. The summed E-state index contributed by atoms with van der Waals surface area (Å²) in [5, 5.41) is 4.29. The molecule has 0 atom stereocenters. The molecule has 4 N–H and O–H groups in total. The molecule has 2 aromatic carbocycles. The zero-order valence-corrected chi connectivity index (χ0v) is 12.7. The highest BCUT2D eigenvalue weighted by Crippen LogP contribution is 2.22. The van der Waals surface area contributed by atoms with Gasteiger partial charge in [0.1, 0.15) is 11.5 Å². The van der Waals surface area contributed by atoms with Crippen molar-refractivity contribution in [3.8, 4) is 11.5 Å². The van der Waals surface area contributed by atoms with E-state index in [4.69, 9.17) is 16.2 Å². The fourth-order valence-electron chi connectivity index (χ4n) is 2.06. The highest BCUT2D eigenvalue weighted by atomic mass is 16.5. The number of hydrogen-bond acceptors (Lipinski definition) is 5. The molecule has 6 nitrogen and oxygen atoms in total. The first-order valence-electron chi connectivity index (χ1n) is 7.09. The largest absolute Gasteiger partial charge is 0.457 e. The Kier molecular flexibility index (Phi) is 3.97. The second kappa shape index (κ2) is 6.23. The molecular formula is C17H17N5O. The van der Waals surface area contributed by atoms with E-state index in [2.05, 4.69) is 10.1 Å². The third kappa shape index (κ3) is 3.68. The van der Waals surface area contributed by atoms with Gasteiger partial charge in [0.25, 0.3) is 0 Å². The van der Waals surface area contributed by atoms with Gasteiger partial charge in [0.15, 0.2) is 0 Å². The zero-order chi connectivity index (χ0) is 16.2. The number of hydrogen-bond donors (Lipinski definition) is 2. The molecule has 6 heteroatoms. The molecular weight excluding hydrogens is 290 g/mol. The first-order valence-corrected chi connectivity index (χ1v) is 7.09. The summed E-state index contributed by atoms with van der Waals surface area (Å²) in [5.41, 5.74) is 13.8. The molecule has 0 aliphatic heterocycles. The van der Waals surface area contributed by atoms with Gasteiger partial charge in [-0.2, -0.15) is 5.10 Å². The van der Waals surface area contributed by atoms with E-state index < -0.39 is 0 Å². The SMILES string of the molecule is Cc1cn(N=Cc2cccc(Oc3ccc(N)cc3)c2)c(N)n1. The Hall–Kier alpha value is -3.28. The van der Waals surface area contributed by atoms with Gasteiger partial charge >= 0.3 is 0 Å². The minimum absolute atomic E-state index is 0.355. The van der Waals surface area contributed by atoms with Crippen molar-refractivity contribution in [3.05, 3.63) is 66.0 Å². The minimum atomic E-state index is 0.355. The fraction of sp³-hybridized carbons (Fsp3) is 0.0588. The number of nitrogens with two attached hydrogens (primary N) is 2. The minimum Gasteiger partial charge on any atom is -0.457 e. The summed E-state index contributed by atoms with van der Waals surface area (Å²) in [6, 6.07) is 14.8. The molecule has 0 fully saturated rings. The van der Waals surface area contributed by atoms with Gasteiger partial charge in [-0.25, -0.2) is 9.66 Å². The second-order valence-electron chi connectivity index (χ2n) is 5.07. The molecule has 0 saturated heterocycles. The smallest absolute Gasteiger partial charge is 0.221 e. The Bertz CT molecular complexity index is 836. The first kappa shape index (κ1) is 14.6. The van der Waals surface area contributed by atoms with Crippen LogP contribution in [0.25, 0.3) is 0 Å². The van der Waals surface area contributed by atoms with Crippen LogP contribution in [0.15, 0.2) is 59.8 Å².